The molecule has 2 heteroatoms. The van der Waals surface area contributed by atoms with Crippen molar-refractivity contribution in [1.29, 1.82) is 0 Å². The number of benzene rings is 1. The lowest BCUT2D eigenvalue weighted by Crippen LogP contribution is -2.11. The van der Waals surface area contributed by atoms with E-state index in [1.54, 1.807) is 0 Å². The van der Waals surface area contributed by atoms with Crippen molar-refractivity contribution in [3.63, 3.8) is 0 Å². The Morgan fingerprint density at radius 3 is 2.57 bits per heavy atom. The summed E-state index contributed by atoms with van der Waals surface area (Å²) in [5.74, 6) is 5.00. The molecule has 14 heavy (non-hydrogen) atoms. The van der Waals surface area contributed by atoms with Gasteiger partial charge in [0.1, 0.15) is 0 Å². The second-order valence-corrected chi connectivity index (χ2v) is 4.57. The molecule has 0 unspecified atom stereocenters. The van der Waals surface area contributed by atoms with Gasteiger partial charge in [-0.15, -0.1) is 0 Å². The molecule has 0 spiro atoms. The summed E-state index contributed by atoms with van der Waals surface area (Å²) in [6.07, 6.45) is 0.875. The Hall–Kier alpha value is -0.860. The van der Waals surface area contributed by atoms with Crippen molar-refractivity contribution in [3.8, 4) is 0 Å². The standard InChI is InChI=1S/C12H19NO/c1-12(2,3)11-6-4-5-10(9-11)7-8-14-13/h4-6,9H,7-8,13H2,1-3H3. The second kappa shape index (κ2) is 4.58. The monoisotopic (exact) mass is 193 g/mol. The van der Waals surface area contributed by atoms with Gasteiger partial charge in [-0.25, -0.2) is 5.90 Å². The van der Waals surface area contributed by atoms with E-state index in [1.807, 2.05) is 0 Å². The molecular formula is C12H19NO. The molecule has 78 valence electrons. The molecule has 0 aliphatic carbocycles. The van der Waals surface area contributed by atoms with Gasteiger partial charge in [-0.2, -0.15) is 0 Å². The van der Waals surface area contributed by atoms with E-state index in [4.69, 9.17) is 5.90 Å². The minimum atomic E-state index is 0.208. The van der Waals surface area contributed by atoms with E-state index in [0.717, 1.165) is 6.42 Å². The first-order valence-corrected chi connectivity index (χ1v) is 4.95. The fraction of sp³-hybridized carbons (Fsp3) is 0.500. The topological polar surface area (TPSA) is 35.2 Å². The first-order chi connectivity index (χ1) is 6.54. The van der Waals surface area contributed by atoms with Crippen LogP contribution >= 0.6 is 0 Å². The van der Waals surface area contributed by atoms with Crippen LogP contribution in [0.15, 0.2) is 24.3 Å². The normalized spacial score (nSPS) is 11.7. The van der Waals surface area contributed by atoms with Gasteiger partial charge < -0.3 is 4.84 Å². The Balaban J connectivity index is 2.79. The Labute approximate surface area is 86.0 Å². The minimum Gasteiger partial charge on any atom is -0.304 e. The quantitative estimate of drug-likeness (QED) is 0.748. The maximum absolute atomic E-state index is 5.00. The van der Waals surface area contributed by atoms with Gasteiger partial charge in [-0.1, -0.05) is 45.0 Å². The second-order valence-electron chi connectivity index (χ2n) is 4.57. The average Bonchev–Trinajstić information content (AvgIpc) is 2.14. The van der Waals surface area contributed by atoms with Crippen molar-refractivity contribution in [1.82, 2.24) is 0 Å². The Morgan fingerprint density at radius 2 is 2.00 bits per heavy atom. The molecule has 0 aliphatic rings. The molecule has 1 aromatic carbocycles. The number of hydrogen-bond donors (Lipinski definition) is 1. The van der Waals surface area contributed by atoms with Gasteiger partial charge in [0.25, 0.3) is 0 Å². The zero-order valence-electron chi connectivity index (χ0n) is 9.21. The lowest BCUT2D eigenvalue weighted by atomic mass is 9.86. The molecule has 0 saturated heterocycles. The molecule has 0 amide bonds. The van der Waals surface area contributed by atoms with Gasteiger partial charge in [0, 0.05) is 0 Å². The van der Waals surface area contributed by atoms with Crippen LogP contribution in [0.4, 0.5) is 0 Å². The zero-order valence-corrected chi connectivity index (χ0v) is 9.21. The third kappa shape index (κ3) is 3.13. The third-order valence-corrected chi connectivity index (χ3v) is 2.30. The summed E-state index contributed by atoms with van der Waals surface area (Å²) in [6, 6.07) is 8.58. The molecule has 0 heterocycles. The molecule has 0 fully saturated rings. The lowest BCUT2D eigenvalue weighted by Gasteiger charge is -2.19. The van der Waals surface area contributed by atoms with Crippen molar-refractivity contribution in [2.75, 3.05) is 6.61 Å². The van der Waals surface area contributed by atoms with Crippen LogP contribution in [0, 0.1) is 0 Å². The molecule has 0 atom stereocenters. The van der Waals surface area contributed by atoms with E-state index in [9.17, 15) is 0 Å². The first kappa shape index (κ1) is 11.2. The van der Waals surface area contributed by atoms with Crippen LogP contribution in [0.5, 0.6) is 0 Å². The molecule has 1 rings (SSSR count). The summed E-state index contributed by atoms with van der Waals surface area (Å²) >= 11 is 0. The van der Waals surface area contributed by atoms with Crippen LogP contribution in [0.1, 0.15) is 31.9 Å². The van der Waals surface area contributed by atoms with Gasteiger partial charge in [0.05, 0.1) is 6.61 Å². The molecule has 0 saturated carbocycles. The van der Waals surface area contributed by atoms with Crippen LogP contribution in [0.25, 0.3) is 0 Å². The highest BCUT2D eigenvalue weighted by atomic mass is 16.6. The molecule has 0 bridgehead atoms. The molecule has 2 nitrogen and oxygen atoms in total. The van der Waals surface area contributed by atoms with E-state index >= 15 is 0 Å². The predicted molar refractivity (Wildman–Crippen MR) is 59.0 cm³/mol. The average molecular weight is 193 g/mol. The summed E-state index contributed by atoms with van der Waals surface area (Å²) in [7, 11) is 0. The third-order valence-electron chi connectivity index (χ3n) is 2.30. The summed E-state index contributed by atoms with van der Waals surface area (Å²) in [4.78, 5) is 4.57. The summed E-state index contributed by atoms with van der Waals surface area (Å²) in [5.41, 5.74) is 2.84. The SMILES string of the molecule is CC(C)(C)c1cccc(CCON)c1. The number of hydrogen-bond acceptors (Lipinski definition) is 2. The lowest BCUT2D eigenvalue weighted by molar-refractivity contribution is 0.141. The molecule has 0 radical (unpaired) electrons. The van der Waals surface area contributed by atoms with Crippen molar-refractivity contribution in [2.45, 2.75) is 32.6 Å². The number of rotatable bonds is 3. The van der Waals surface area contributed by atoms with Gasteiger partial charge in [-0.3, -0.25) is 0 Å². The Bertz CT molecular complexity index is 289. The Kier molecular flexibility index (Phi) is 3.67. The highest BCUT2D eigenvalue weighted by molar-refractivity contribution is 5.28. The molecule has 0 aliphatic heterocycles. The van der Waals surface area contributed by atoms with Gasteiger partial charge in [0.2, 0.25) is 0 Å². The van der Waals surface area contributed by atoms with E-state index in [0.29, 0.717) is 6.61 Å². The fourth-order valence-electron chi connectivity index (χ4n) is 1.37. The first-order valence-electron chi connectivity index (χ1n) is 4.95. The largest absolute Gasteiger partial charge is 0.304 e. The van der Waals surface area contributed by atoms with E-state index in [2.05, 4.69) is 49.9 Å². The Morgan fingerprint density at radius 1 is 1.29 bits per heavy atom. The van der Waals surface area contributed by atoms with Crippen LogP contribution in [0.2, 0.25) is 0 Å². The van der Waals surface area contributed by atoms with Gasteiger partial charge in [-0.05, 0) is 23.0 Å². The zero-order chi connectivity index (χ0) is 10.6. The highest BCUT2D eigenvalue weighted by Gasteiger charge is 2.13. The van der Waals surface area contributed by atoms with Crippen molar-refractivity contribution in [2.24, 2.45) is 5.90 Å². The highest BCUT2D eigenvalue weighted by Crippen LogP contribution is 2.22. The maximum Gasteiger partial charge on any atom is 0.0719 e. The van der Waals surface area contributed by atoms with Crippen LogP contribution in [-0.2, 0) is 16.7 Å². The van der Waals surface area contributed by atoms with Crippen molar-refractivity contribution >= 4 is 0 Å². The van der Waals surface area contributed by atoms with E-state index in [-0.39, 0.29) is 5.41 Å². The van der Waals surface area contributed by atoms with Gasteiger partial charge >= 0.3 is 0 Å². The van der Waals surface area contributed by atoms with Crippen LogP contribution < -0.4 is 5.90 Å². The molecule has 0 aromatic heterocycles. The maximum atomic E-state index is 5.00. The summed E-state index contributed by atoms with van der Waals surface area (Å²) < 4.78 is 0. The molecular weight excluding hydrogens is 174 g/mol. The van der Waals surface area contributed by atoms with Crippen molar-refractivity contribution < 1.29 is 4.84 Å². The van der Waals surface area contributed by atoms with E-state index in [1.165, 1.54) is 11.1 Å². The van der Waals surface area contributed by atoms with E-state index < -0.39 is 0 Å². The number of nitrogens with two attached hydrogens (primary N) is 1. The smallest absolute Gasteiger partial charge is 0.0719 e. The minimum absolute atomic E-state index is 0.208. The summed E-state index contributed by atoms with van der Waals surface area (Å²) in [5, 5.41) is 0. The fourth-order valence-corrected chi connectivity index (χ4v) is 1.37. The van der Waals surface area contributed by atoms with Crippen LogP contribution in [-0.4, -0.2) is 6.61 Å². The van der Waals surface area contributed by atoms with Crippen LogP contribution in [0.3, 0.4) is 0 Å². The predicted octanol–water partition coefficient (Wildman–Crippen LogP) is 2.42. The summed E-state index contributed by atoms with van der Waals surface area (Å²) in [6.45, 7) is 7.22. The van der Waals surface area contributed by atoms with Gasteiger partial charge in [0.15, 0.2) is 0 Å². The van der Waals surface area contributed by atoms with Crippen molar-refractivity contribution in [3.05, 3.63) is 35.4 Å². The molecule has 2 N–H and O–H groups in total. The molecule has 1 aromatic rings.